The molecule has 0 saturated carbocycles. The second-order valence-corrected chi connectivity index (χ2v) is 6.94. The molecule has 2 amide bonds. The van der Waals surface area contributed by atoms with Gasteiger partial charge in [-0.2, -0.15) is 18.2 Å². The summed E-state index contributed by atoms with van der Waals surface area (Å²) in [6.07, 6.45) is -1.57. The Kier molecular flexibility index (Phi) is 5.85. The molecule has 1 aromatic carbocycles. The molecule has 2 heterocycles. The summed E-state index contributed by atoms with van der Waals surface area (Å²) in [7, 11) is 0.807. The molecule has 1 N–H and O–H groups in total. The topological polar surface area (TPSA) is 85.6 Å². The first-order chi connectivity index (χ1) is 14.0. The van der Waals surface area contributed by atoms with Crippen LogP contribution in [0.3, 0.4) is 0 Å². The second-order valence-electron chi connectivity index (χ2n) is 6.08. The molecule has 160 valence electrons. The number of rotatable bonds is 2. The zero-order valence-corrected chi connectivity index (χ0v) is 16.8. The SMILES string of the molecule is Cn1c(C(F)(F)F)cc(=O)n(-c2cc(NC(=O)N3CC=CCO3)c(Br)cc2F)c1=O. The van der Waals surface area contributed by atoms with Gasteiger partial charge in [0.15, 0.2) is 0 Å². The summed E-state index contributed by atoms with van der Waals surface area (Å²) in [5, 5.41) is 3.40. The molecule has 1 aromatic heterocycles. The number of nitrogens with zero attached hydrogens (tertiary/aromatic N) is 3. The van der Waals surface area contributed by atoms with Crippen molar-refractivity contribution in [1.82, 2.24) is 14.2 Å². The molecule has 30 heavy (non-hydrogen) atoms. The summed E-state index contributed by atoms with van der Waals surface area (Å²) in [6.45, 7) is 0.316. The van der Waals surface area contributed by atoms with Crippen LogP contribution in [-0.4, -0.2) is 33.4 Å². The van der Waals surface area contributed by atoms with Crippen LogP contribution in [0.25, 0.3) is 5.69 Å². The Balaban J connectivity index is 2.08. The number of benzene rings is 1. The molecule has 0 fully saturated rings. The molecule has 0 radical (unpaired) electrons. The number of alkyl halides is 3. The minimum atomic E-state index is -4.95. The van der Waals surface area contributed by atoms with Gasteiger partial charge in [-0.1, -0.05) is 12.2 Å². The van der Waals surface area contributed by atoms with Crippen LogP contribution in [0.4, 0.5) is 28.0 Å². The quantitative estimate of drug-likeness (QED) is 0.516. The lowest BCUT2D eigenvalue weighted by Gasteiger charge is -2.23. The third-order valence-corrected chi connectivity index (χ3v) is 4.78. The maximum Gasteiger partial charge on any atom is 0.431 e. The number of aromatic nitrogens is 2. The van der Waals surface area contributed by atoms with E-state index in [0.717, 1.165) is 24.2 Å². The first-order valence-corrected chi connectivity index (χ1v) is 9.06. The van der Waals surface area contributed by atoms with E-state index in [2.05, 4.69) is 21.2 Å². The summed E-state index contributed by atoms with van der Waals surface area (Å²) in [5.74, 6) is -1.07. The van der Waals surface area contributed by atoms with E-state index >= 15 is 0 Å². The number of hydrogen-bond acceptors (Lipinski definition) is 4. The van der Waals surface area contributed by atoms with Crippen molar-refractivity contribution < 1.29 is 27.2 Å². The molecule has 0 atom stereocenters. The average Bonchev–Trinajstić information content (AvgIpc) is 2.67. The largest absolute Gasteiger partial charge is 0.431 e. The maximum atomic E-state index is 14.5. The highest BCUT2D eigenvalue weighted by Crippen LogP contribution is 2.29. The molecule has 8 nitrogen and oxygen atoms in total. The predicted molar refractivity (Wildman–Crippen MR) is 101 cm³/mol. The molecule has 2 aromatic rings. The van der Waals surface area contributed by atoms with Crippen molar-refractivity contribution in [2.24, 2.45) is 7.05 Å². The zero-order valence-electron chi connectivity index (χ0n) is 15.2. The lowest BCUT2D eigenvalue weighted by molar-refractivity contribution is -0.144. The van der Waals surface area contributed by atoms with Gasteiger partial charge in [0.1, 0.15) is 11.5 Å². The lowest BCUT2D eigenvalue weighted by Crippen LogP contribution is -2.41. The van der Waals surface area contributed by atoms with Crippen molar-refractivity contribution in [2.45, 2.75) is 6.18 Å². The Labute approximate surface area is 174 Å². The van der Waals surface area contributed by atoms with Crippen molar-refractivity contribution in [3.8, 4) is 5.69 Å². The van der Waals surface area contributed by atoms with Gasteiger partial charge in [0.05, 0.1) is 24.5 Å². The Hall–Kier alpha value is -2.93. The number of carbonyl (C=O) groups excluding carboxylic acids is 1. The number of carbonyl (C=O) groups is 1. The van der Waals surface area contributed by atoms with Gasteiger partial charge in [0, 0.05) is 17.6 Å². The third kappa shape index (κ3) is 4.16. The van der Waals surface area contributed by atoms with E-state index in [-0.39, 0.29) is 38.5 Å². The van der Waals surface area contributed by atoms with Crippen molar-refractivity contribution in [3.05, 3.63) is 67.2 Å². The summed E-state index contributed by atoms with van der Waals surface area (Å²) < 4.78 is 54.0. The van der Waals surface area contributed by atoms with Gasteiger partial charge >= 0.3 is 17.9 Å². The molecule has 3 rings (SSSR count). The Bertz CT molecular complexity index is 1160. The van der Waals surface area contributed by atoms with Crippen molar-refractivity contribution in [2.75, 3.05) is 18.5 Å². The fraction of sp³-hybridized carbons (Fsp3) is 0.235. The first-order valence-electron chi connectivity index (χ1n) is 8.27. The highest BCUT2D eigenvalue weighted by Gasteiger charge is 2.35. The summed E-state index contributed by atoms with van der Waals surface area (Å²) in [6, 6.07) is 1.29. The Morgan fingerprint density at radius 1 is 1.20 bits per heavy atom. The van der Waals surface area contributed by atoms with Crippen LogP contribution in [0.5, 0.6) is 0 Å². The molecule has 0 spiro atoms. The monoisotopic (exact) mass is 492 g/mol. The van der Waals surface area contributed by atoms with Gasteiger partial charge in [0.2, 0.25) is 0 Å². The lowest BCUT2D eigenvalue weighted by atomic mass is 10.2. The van der Waals surface area contributed by atoms with Crippen molar-refractivity contribution >= 4 is 27.6 Å². The molecule has 1 aliphatic heterocycles. The van der Waals surface area contributed by atoms with Crippen LogP contribution in [0.2, 0.25) is 0 Å². The molecule has 0 unspecified atom stereocenters. The van der Waals surface area contributed by atoms with Gasteiger partial charge in [-0.15, -0.1) is 0 Å². The number of hydrogen-bond donors (Lipinski definition) is 1. The second kappa shape index (κ2) is 8.07. The number of anilines is 1. The van der Waals surface area contributed by atoms with E-state index in [1.807, 2.05) is 0 Å². The summed E-state index contributed by atoms with van der Waals surface area (Å²) >= 11 is 3.05. The van der Waals surface area contributed by atoms with Gasteiger partial charge < -0.3 is 5.32 Å². The fourth-order valence-corrected chi connectivity index (χ4v) is 3.08. The molecular formula is C17H13BrF4N4O4. The Morgan fingerprint density at radius 3 is 2.50 bits per heavy atom. The smallest absolute Gasteiger partial charge is 0.305 e. The van der Waals surface area contributed by atoms with Crippen LogP contribution in [0.15, 0.2) is 44.4 Å². The summed E-state index contributed by atoms with van der Waals surface area (Å²) in [4.78, 5) is 42.0. The molecule has 13 heteroatoms. The highest BCUT2D eigenvalue weighted by molar-refractivity contribution is 9.10. The number of nitrogens with one attached hydrogen (secondary N) is 1. The van der Waals surface area contributed by atoms with Crippen LogP contribution in [0, 0.1) is 5.82 Å². The van der Waals surface area contributed by atoms with E-state index in [1.165, 1.54) is 0 Å². The molecule has 0 aliphatic carbocycles. The molecular weight excluding hydrogens is 480 g/mol. The molecule has 0 saturated heterocycles. The number of hydroxylamine groups is 2. The predicted octanol–water partition coefficient (Wildman–Crippen LogP) is 2.79. The average molecular weight is 493 g/mol. The van der Waals surface area contributed by atoms with Crippen LogP contribution >= 0.6 is 15.9 Å². The first kappa shape index (κ1) is 21.8. The van der Waals surface area contributed by atoms with Crippen LogP contribution < -0.4 is 16.6 Å². The van der Waals surface area contributed by atoms with E-state index < -0.39 is 40.7 Å². The number of urea groups is 1. The van der Waals surface area contributed by atoms with Gasteiger partial charge in [0.25, 0.3) is 5.56 Å². The van der Waals surface area contributed by atoms with E-state index in [0.29, 0.717) is 0 Å². The van der Waals surface area contributed by atoms with E-state index in [9.17, 15) is 31.9 Å². The van der Waals surface area contributed by atoms with Crippen molar-refractivity contribution in [1.29, 1.82) is 0 Å². The highest BCUT2D eigenvalue weighted by atomic mass is 79.9. The number of amides is 2. The van der Waals surface area contributed by atoms with Gasteiger partial charge in [-0.25, -0.2) is 18.5 Å². The minimum absolute atomic E-state index is 0.0385. The minimum Gasteiger partial charge on any atom is -0.305 e. The van der Waals surface area contributed by atoms with Gasteiger partial charge in [-0.3, -0.25) is 14.2 Å². The summed E-state index contributed by atoms with van der Waals surface area (Å²) in [5.41, 5.74) is -4.93. The van der Waals surface area contributed by atoms with E-state index in [4.69, 9.17) is 4.84 Å². The van der Waals surface area contributed by atoms with Crippen molar-refractivity contribution in [3.63, 3.8) is 0 Å². The number of halogens is 5. The molecule has 0 bridgehead atoms. The third-order valence-electron chi connectivity index (χ3n) is 4.12. The fourth-order valence-electron chi connectivity index (χ4n) is 2.67. The zero-order chi connectivity index (χ0) is 22.2. The van der Waals surface area contributed by atoms with Gasteiger partial charge in [-0.05, 0) is 28.1 Å². The standard InChI is InChI=1S/C17H13BrF4N4O4/c1-24-13(17(20,21)22)8-14(27)26(16(24)29)12-7-11(9(18)6-10(12)19)23-15(28)25-4-2-3-5-30-25/h2-3,6-8H,4-5H2,1H3,(H,23,28). The van der Waals surface area contributed by atoms with Crippen LogP contribution in [0.1, 0.15) is 5.69 Å². The Morgan fingerprint density at radius 2 is 1.90 bits per heavy atom. The normalized spacial score (nSPS) is 14.1. The van der Waals surface area contributed by atoms with E-state index in [1.54, 1.807) is 12.2 Å². The van der Waals surface area contributed by atoms with Crippen LogP contribution in [-0.2, 0) is 18.1 Å². The maximum absolute atomic E-state index is 14.5. The molecule has 1 aliphatic rings.